The lowest BCUT2D eigenvalue weighted by Gasteiger charge is -2.06. The molecule has 1 aliphatic rings. The maximum atomic E-state index is 13.1. The van der Waals surface area contributed by atoms with E-state index in [4.69, 9.17) is 9.47 Å². The Morgan fingerprint density at radius 2 is 1.83 bits per heavy atom. The molecule has 0 radical (unpaired) electrons. The first-order valence-corrected chi connectivity index (χ1v) is 9.18. The minimum absolute atomic E-state index is 0.123. The SMILES string of the molecule is CCOC(=O)c1ccc2ncc3[n+](c2c1)C(=O)N(c1ccc(OCC)cc1)C3=O. The molecule has 0 saturated heterocycles. The molecule has 0 aliphatic carbocycles. The topological polar surface area (TPSA) is 89.7 Å². The van der Waals surface area contributed by atoms with Crippen molar-refractivity contribution in [1.82, 2.24) is 4.98 Å². The molecular formula is C21H18N3O5+. The van der Waals surface area contributed by atoms with Crippen LogP contribution >= 0.6 is 0 Å². The van der Waals surface area contributed by atoms with Crippen LogP contribution in [0.2, 0.25) is 0 Å². The Labute approximate surface area is 166 Å². The van der Waals surface area contributed by atoms with Crippen LogP contribution < -0.4 is 14.2 Å². The smallest absolute Gasteiger partial charge is 0.494 e. The Bertz CT molecular complexity index is 1140. The van der Waals surface area contributed by atoms with Crippen LogP contribution in [0.4, 0.5) is 10.5 Å². The summed E-state index contributed by atoms with van der Waals surface area (Å²) in [5.74, 6) is -0.352. The van der Waals surface area contributed by atoms with Crippen LogP contribution in [-0.4, -0.2) is 36.1 Å². The highest BCUT2D eigenvalue weighted by atomic mass is 16.5. The fourth-order valence-electron chi connectivity index (χ4n) is 3.22. The van der Waals surface area contributed by atoms with Crippen molar-refractivity contribution in [2.75, 3.05) is 18.1 Å². The van der Waals surface area contributed by atoms with Gasteiger partial charge in [0.1, 0.15) is 17.0 Å². The van der Waals surface area contributed by atoms with Crippen LogP contribution in [0.3, 0.4) is 0 Å². The second-order valence-electron chi connectivity index (χ2n) is 6.25. The third-order valence-electron chi connectivity index (χ3n) is 4.50. The third-order valence-corrected chi connectivity index (χ3v) is 4.50. The second kappa shape index (κ2) is 7.31. The van der Waals surface area contributed by atoms with Crippen LogP contribution in [0.15, 0.2) is 48.7 Å². The maximum absolute atomic E-state index is 13.1. The van der Waals surface area contributed by atoms with Gasteiger partial charge in [-0.05, 0) is 50.2 Å². The molecule has 0 saturated carbocycles. The number of hydrogen-bond acceptors (Lipinski definition) is 6. The van der Waals surface area contributed by atoms with Gasteiger partial charge in [-0.3, -0.25) is 0 Å². The summed E-state index contributed by atoms with van der Waals surface area (Å²) in [4.78, 5) is 43.4. The zero-order valence-electron chi connectivity index (χ0n) is 15.9. The molecule has 0 atom stereocenters. The molecule has 0 N–H and O–H groups in total. The van der Waals surface area contributed by atoms with E-state index in [-0.39, 0.29) is 17.9 Å². The Morgan fingerprint density at radius 1 is 1.07 bits per heavy atom. The van der Waals surface area contributed by atoms with E-state index in [9.17, 15) is 14.4 Å². The largest absolute Gasteiger partial charge is 0.512 e. The van der Waals surface area contributed by atoms with E-state index in [1.807, 2.05) is 6.92 Å². The van der Waals surface area contributed by atoms with Gasteiger partial charge in [0.05, 0.1) is 25.0 Å². The molecule has 0 fully saturated rings. The molecule has 2 amide bonds. The summed E-state index contributed by atoms with van der Waals surface area (Å²) in [5, 5.41) is 0. The number of imide groups is 1. The predicted molar refractivity (Wildman–Crippen MR) is 103 cm³/mol. The first kappa shape index (κ1) is 18.5. The van der Waals surface area contributed by atoms with Crippen molar-refractivity contribution in [3.63, 3.8) is 0 Å². The molecule has 2 aromatic carbocycles. The second-order valence-corrected chi connectivity index (χ2v) is 6.25. The monoisotopic (exact) mass is 392 g/mol. The van der Waals surface area contributed by atoms with Crippen LogP contribution in [0.25, 0.3) is 11.0 Å². The van der Waals surface area contributed by atoms with Crippen molar-refractivity contribution >= 4 is 34.6 Å². The summed E-state index contributed by atoms with van der Waals surface area (Å²) in [6, 6.07) is 10.8. The summed E-state index contributed by atoms with van der Waals surface area (Å²) in [5.41, 5.74) is 1.66. The van der Waals surface area contributed by atoms with Gasteiger partial charge in [0.25, 0.3) is 0 Å². The highest BCUT2D eigenvalue weighted by Gasteiger charge is 2.48. The zero-order chi connectivity index (χ0) is 20.5. The number of amides is 2. The zero-order valence-corrected chi connectivity index (χ0v) is 15.9. The van der Waals surface area contributed by atoms with Gasteiger partial charge in [-0.2, -0.15) is 4.79 Å². The number of aromatic nitrogens is 2. The number of rotatable bonds is 5. The minimum Gasteiger partial charge on any atom is -0.494 e. The van der Waals surface area contributed by atoms with E-state index in [1.54, 1.807) is 43.3 Å². The minimum atomic E-state index is -0.539. The molecular weight excluding hydrogens is 374 g/mol. The number of carbonyl (C=O) groups excluding carboxylic acids is 3. The van der Waals surface area contributed by atoms with Crippen LogP contribution in [0, 0.1) is 0 Å². The Kier molecular flexibility index (Phi) is 4.67. The molecule has 146 valence electrons. The molecule has 1 aliphatic heterocycles. The van der Waals surface area contributed by atoms with Crippen molar-refractivity contribution in [1.29, 1.82) is 0 Å². The summed E-state index contributed by atoms with van der Waals surface area (Å²) in [6.45, 7) is 4.34. The van der Waals surface area contributed by atoms with Crippen LogP contribution in [0.5, 0.6) is 5.75 Å². The number of anilines is 1. The number of carbonyl (C=O) groups is 3. The Hall–Kier alpha value is -3.81. The van der Waals surface area contributed by atoms with Gasteiger partial charge in [0.15, 0.2) is 5.52 Å². The number of fused-ring (bicyclic) bond motifs is 3. The molecule has 3 aromatic rings. The fourth-order valence-corrected chi connectivity index (χ4v) is 3.22. The number of nitrogens with zero attached hydrogens (tertiary/aromatic N) is 3. The lowest BCUT2D eigenvalue weighted by atomic mass is 10.2. The van der Waals surface area contributed by atoms with E-state index in [2.05, 4.69) is 4.98 Å². The van der Waals surface area contributed by atoms with Crippen LogP contribution in [-0.2, 0) is 4.74 Å². The quantitative estimate of drug-likeness (QED) is 0.490. The van der Waals surface area contributed by atoms with Crippen molar-refractivity contribution in [3.05, 3.63) is 59.9 Å². The molecule has 0 bridgehead atoms. The van der Waals surface area contributed by atoms with Crippen LogP contribution in [0.1, 0.15) is 34.7 Å². The Morgan fingerprint density at radius 3 is 2.52 bits per heavy atom. The molecule has 8 nitrogen and oxygen atoms in total. The molecule has 1 aromatic heterocycles. The van der Waals surface area contributed by atoms with E-state index in [0.29, 0.717) is 29.1 Å². The summed E-state index contributed by atoms with van der Waals surface area (Å²) < 4.78 is 11.7. The van der Waals surface area contributed by atoms with Crippen molar-refractivity contribution in [2.45, 2.75) is 13.8 Å². The summed E-state index contributed by atoms with van der Waals surface area (Å²) >= 11 is 0. The molecule has 0 spiro atoms. The van der Waals surface area contributed by atoms with E-state index in [0.717, 1.165) is 4.90 Å². The molecule has 0 unspecified atom stereocenters. The van der Waals surface area contributed by atoms with E-state index in [1.165, 1.54) is 16.8 Å². The fraction of sp³-hybridized carbons (Fsp3) is 0.190. The van der Waals surface area contributed by atoms with Gasteiger partial charge in [-0.25, -0.2) is 14.6 Å². The number of esters is 1. The number of ether oxygens (including phenoxy) is 2. The number of benzene rings is 2. The van der Waals surface area contributed by atoms with Crippen molar-refractivity contribution in [3.8, 4) is 5.75 Å². The van der Waals surface area contributed by atoms with Gasteiger partial charge >= 0.3 is 17.9 Å². The van der Waals surface area contributed by atoms with Gasteiger partial charge in [0, 0.05) is 6.07 Å². The lowest BCUT2D eigenvalue weighted by molar-refractivity contribution is -0.537. The van der Waals surface area contributed by atoms with E-state index < -0.39 is 17.9 Å². The summed E-state index contributed by atoms with van der Waals surface area (Å²) in [6.07, 6.45) is 1.36. The van der Waals surface area contributed by atoms with Gasteiger partial charge < -0.3 is 9.47 Å². The van der Waals surface area contributed by atoms with Crippen molar-refractivity contribution < 1.29 is 28.4 Å². The van der Waals surface area contributed by atoms with Gasteiger partial charge in [-0.1, -0.05) is 0 Å². The number of hydrogen-bond donors (Lipinski definition) is 0. The predicted octanol–water partition coefficient (Wildman–Crippen LogP) is 2.73. The average molecular weight is 392 g/mol. The first-order valence-electron chi connectivity index (χ1n) is 9.18. The van der Waals surface area contributed by atoms with Gasteiger partial charge in [0.2, 0.25) is 5.69 Å². The Balaban J connectivity index is 1.79. The highest BCUT2D eigenvalue weighted by Crippen LogP contribution is 2.25. The normalized spacial score (nSPS) is 13.0. The first-order chi connectivity index (χ1) is 14.0. The lowest BCUT2D eigenvalue weighted by Crippen LogP contribution is -2.46. The third kappa shape index (κ3) is 3.08. The van der Waals surface area contributed by atoms with Crippen molar-refractivity contribution in [2.24, 2.45) is 0 Å². The molecule has 8 heteroatoms. The standard InChI is InChI=1S/C21H18N3O5/c1-3-28-15-8-6-14(7-9-15)23-19(25)18-12-22-16-10-5-13(20(26)29-4-2)11-17(16)24(18)21(23)27/h5-12H,3-4H2,1-2H3/q+1. The van der Waals surface area contributed by atoms with E-state index >= 15 is 0 Å². The molecule has 2 heterocycles. The highest BCUT2D eigenvalue weighted by molar-refractivity contribution is 6.21. The average Bonchev–Trinajstić information content (AvgIpc) is 2.99. The molecule has 29 heavy (non-hydrogen) atoms. The van der Waals surface area contributed by atoms with Gasteiger partial charge in [-0.15, -0.1) is 9.47 Å². The summed E-state index contributed by atoms with van der Waals surface area (Å²) in [7, 11) is 0. The maximum Gasteiger partial charge on any atom is 0.512 e. The molecule has 4 rings (SSSR count).